The third kappa shape index (κ3) is 4.32. The van der Waals surface area contributed by atoms with Gasteiger partial charge in [-0.2, -0.15) is 11.8 Å². The maximum absolute atomic E-state index is 3.96. The predicted molar refractivity (Wildman–Crippen MR) is 72.2 cm³/mol. The molecule has 1 unspecified atom stereocenters. The standard InChI is InChI=1S/C12H22N4S/c1-12(2)8-11(9-17-10-12)13-4-3-6-16-7-5-14-15-16/h5,7,11,13H,3-4,6,8-10H2,1-2H3. The van der Waals surface area contributed by atoms with Gasteiger partial charge in [-0.1, -0.05) is 19.1 Å². The average Bonchev–Trinajstić information content (AvgIpc) is 2.76. The van der Waals surface area contributed by atoms with Crippen LogP contribution in [0.1, 0.15) is 26.7 Å². The summed E-state index contributed by atoms with van der Waals surface area (Å²) in [6, 6.07) is 0.680. The zero-order valence-electron chi connectivity index (χ0n) is 10.7. The number of thioether (sulfide) groups is 1. The molecule has 1 aliphatic rings. The van der Waals surface area contributed by atoms with Crippen molar-refractivity contribution in [3.63, 3.8) is 0 Å². The average molecular weight is 254 g/mol. The molecule has 2 rings (SSSR count). The lowest BCUT2D eigenvalue weighted by atomic mass is 9.88. The van der Waals surface area contributed by atoms with Gasteiger partial charge < -0.3 is 5.32 Å². The van der Waals surface area contributed by atoms with Crippen LogP contribution in [0.25, 0.3) is 0 Å². The molecule has 0 amide bonds. The molecule has 0 aliphatic carbocycles. The number of aryl methyl sites for hydroxylation is 1. The topological polar surface area (TPSA) is 42.7 Å². The number of aromatic nitrogens is 3. The first-order valence-electron chi connectivity index (χ1n) is 6.31. The normalized spacial score (nSPS) is 23.8. The molecule has 0 spiro atoms. The van der Waals surface area contributed by atoms with Crippen molar-refractivity contribution < 1.29 is 0 Å². The van der Waals surface area contributed by atoms with E-state index in [-0.39, 0.29) is 0 Å². The van der Waals surface area contributed by atoms with Gasteiger partial charge in [0.25, 0.3) is 0 Å². The SMILES string of the molecule is CC1(C)CSCC(NCCCn2ccnn2)C1. The predicted octanol–water partition coefficient (Wildman–Crippen LogP) is 1.79. The van der Waals surface area contributed by atoms with Crippen molar-refractivity contribution in [1.82, 2.24) is 20.3 Å². The number of hydrogen-bond acceptors (Lipinski definition) is 4. The van der Waals surface area contributed by atoms with Gasteiger partial charge in [0.2, 0.25) is 0 Å². The van der Waals surface area contributed by atoms with Crippen LogP contribution < -0.4 is 5.32 Å². The molecule has 1 atom stereocenters. The lowest BCUT2D eigenvalue weighted by Crippen LogP contribution is -2.40. The third-order valence-corrected chi connectivity index (χ3v) is 4.70. The Morgan fingerprint density at radius 1 is 1.53 bits per heavy atom. The van der Waals surface area contributed by atoms with Gasteiger partial charge in [0.05, 0.1) is 6.20 Å². The van der Waals surface area contributed by atoms with E-state index in [1.54, 1.807) is 6.20 Å². The number of rotatable bonds is 5. The molecule has 0 saturated carbocycles. The van der Waals surface area contributed by atoms with Crippen LogP contribution in [0.3, 0.4) is 0 Å². The molecule has 1 saturated heterocycles. The Morgan fingerprint density at radius 2 is 2.41 bits per heavy atom. The fourth-order valence-corrected chi connectivity index (χ4v) is 3.60. The molecular weight excluding hydrogens is 232 g/mol. The highest BCUT2D eigenvalue weighted by atomic mass is 32.2. The highest BCUT2D eigenvalue weighted by molar-refractivity contribution is 7.99. The quantitative estimate of drug-likeness (QED) is 0.814. The fourth-order valence-electron chi connectivity index (χ4n) is 2.29. The van der Waals surface area contributed by atoms with E-state index in [1.165, 1.54) is 17.9 Å². The molecule has 4 nitrogen and oxygen atoms in total. The van der Waals surface area contributed by atoms with Gasteiger partial charge in [-0.3, -0.25) is 4.68 Å². The van der Waals surface area contributed by atoms with Crippen molar-refractivity contribution in [1.29, 1.82) is 0 Å². The second-order valence-corrected chi connectivity index (χ2v) is 6.58. The van der Waals surface area contributed by atoms with E-state index >= 15 is 0 Å². The van der Waals surface area contributed by atoms with Crippen LogP contribution >= 0.6 is 11.8 Å². The summed E-state index contributed by atoms with van der Waals surface area (Å²) in [4.78, 5) is 0. The van der Waals surface area contributed by atoms with E-state index in [0.717, 1.165) is 19.5 Å². The van der Waals surface area contributed by atoms with E-state index in [4.69, 9.17) is 0 Å². The zero-order chi connectivity index (χ0) is 12.1. The minimum absolute atomic E-state index is 0.493. The Morgan fingerprint density at radius 3 is 3.12 bits per heavy atom. The van der Waals surface area contributed by atoms with Crippen LogP contribution in [-0.4, -0.2) is 39.1 Å². The Balaban J connectivity index is 1.62. The molecule has 0 aromatic carbocycles. The van der Waals surface area contributed by atoms with Crippen LogP contribution in [0, 0.1) is 5.41 Å². The summed E-state index contributed by atoms with van der Waals surface area (Å²) in [5, 5.41) is 11.4. The van der Waals surface area contributed by atoms with Crippen LogP contribution in [0.4, 0.5) is 0 Å². The highest BCUT2D eigenvalue weighted by Gasteiger charge is 2.27. The number of hydrogen-bond donors (Lipinski definition) is 1. The highest BCUT2D eigenvalue weighted by Crippen LogP contribution is 2.33. The Bertz CT molecular complexity index is 323. The summed E-state index contributed by atoms with van der Waals surface area (Å²) < 4.78 is 1.89. The summed E-state index contributed by atoms with van der Waals surface area (Å²) in [6.07, 6.45) is 6.06. The van der Waals surface area contributed by atoms with Crippen LogP contribution in [-0.2, 0) is 6.54 Å². The molecule has 1 aromatic heterocycles. The van der Waals surface area contributed by atoms with E-state index in [9.17, 15) is 0 Å². The molecule has 96 valence electrons. The third-order valence-electron chi connectivity index (χ3n) is 3.08. The molecule has 5 heteroatoms. The van der Waals surface area contributed by atoms with Crippen LogP contribution in [0.2, 0.25) is 0 Å². The monoisotopic (exact) mass is 254 g/mol. The van der Waals surface area contributed by atoms with Crippen molar-refractivity contribution >= 4 is 11.8 Å². The van der Waals surface area contributed by atoms with E-state index < -0.39 is 0 Å². The largest absolute Gasteiger partial charge is 0.313 e. The van der Waals surface area contributed by atoms with E-state index in [0.29, 0.717) is 11.5 Å². The van der Waals surface area contributed by atoms with Gasteiger partial charge in [-0.15, -0.1) is 5.10 Å². The molecular formula is C12H22N4S. The summed E-state index contributed by atoms with van der Waals surface area (Å²) in [6.45, 7) is 6.75. The zero-order valence-corrected chi connectivity index (χ0v) is 11.5. The first kappa shape index (κ1) is 12.9. The lowest BCUT2D eigenvalue weighted by molar-refractivity contribution is 0.316. The van der Waals surface area contributed by atoms with Crippen molar-refractivity contribution in [3.8, 4) is 0 Å². The van der Waals surface area contributed by atoms with Crippen LogP contribution in [0.15, 0.2) is 12.4 Å². The summed E-state index contributed by atoms with van der Waals surface area (Å²) in [7, 11) is 0. The summed E-state index contributed by atoms with van der Waals surface area (Å²) in [5.41, 5.74) is 0.493. The lowest BCUT2D eigenvalue weighted by Gasteiger charge is -2.35. The van der Waals surface area contributed by atoms with Gasteiger partial charge in [0.15, 0.2) is 0 Å². The van der Waals surface area contributed by atoms with Crippen molar-refractivity contribution in [2.24, 2.45) is 5.41 Å². The van der Waals surface area contributed by atoms with Crippen LogP contribution in [0.5, 0.6) is 0 Å². The summed E-state index contributed by atoms with van der Waals surface area (Å²) in [5.74, 6) is 2.55. The molecule has 0 bridgehead atoms. The van der Waals surface area contributed by atoms with Crippen molar-refractivity contribution in [3.05, 3.63) is 12.4 Å². The first-order valence-corrected chi connectivity index (χ1v) is 7.46. The van der Waals surface area contributed by atoms with E-state index in [2.05, 4.69) is 41.2 Å². The Labute approximate surface area is 108 Å². The molecule has 1 aliphatic heterocycles. The number of nitrogens with one attached hydrogen (secondary N) is 1. The second kappa shape index (κ2) is 5.87. The molecule has 1 aromatic rings. The van der Waals surface area contributed by atoms with Crippen molar-refractivity contribution in [2.75, 3.05) is 18.1 Å². The maximum atomic E-state index is 3.96. The number of nitrogens with zero attached hydrogens (tertiary/aromatic N) is 3. The summed E-state index contributed by atoms with van der Waals surface area (Å²) >= 11 is 2.08. The minimum atomic E-state index is 0.493. The van der Waals surface area contributed by atoms with Gasteiger partial charge >= 0.3 is 0 Å². The second-order valence-electron chi connectivity index (χ2n) is 5.55. The van der Waals surface area contributed by atoms with E-state index in [1.807, 2.05) is 10.9 Å². The molecule has 17 heavy (non-hydrogen) atoms. The van der Waals surface area contributed by atoms with Gasteiger partial charge in [-0.05, 0) is 30.6 Å². The molecule has 2 heterocycles. The first-order chi connectivity index (χ1) is 8.16. The fraction of sp³-hybridized carbons (Fsp3) is 0.833. The maximum Gasteiger partial charge on any atom is 0.0692 e. The molecule has 1 N–H and O–H groups in total. The van der Waals surface area contributed by atoms with Gasteiger partial charge in [0, 0.05) is 24.5 Å². The Hall–Kier alpha value is -0.550. The minimum Gasteiger partial charge on any atom is -0.313 e. The Kier molecular flexibility index (Phi) is 4.45. The van der Waals surface area contributed by atoms with Crippen molar-refractivity contribution in [2.45, 2.75) is 39.3 Å². The molecule has 0 radical (unpaired) electrons. The van der Waals surface area contributed by atoms with Gasteiger partial charge in [-0.25, -0.2) is 0 Å². The molecule has 1 fully saturated rings. The smallest absolute Gasteiger partial charge is 0.0692 e. The van der Waals surface area contributed by atoms with Gasteiger partial charge in [0.1, 0.15) is 0 Å².